The van der Waals surface area contributed by atoms with Crippen LogP contribution in [0.3, 0.4) is 0 Å². The van der Waals surface area contributed by atoms with Gasteiger partial charge in [0.25, 0.3) is 0 Å². The van der Waals surface area contributed by atoms with Gasteiger partial charge in [0.1, 0.15) is 0 Å². The highest BCUT2D eigenvalue weighted by Gasteiger charge is 2.21. The third kappa shape index (κ3) is 5.29. The van der Waals surface area contributed by atoms with Crippen molar-refractivity contribution in [3.63, 3.8) is 0 Å². The fourth-order valence-corrected chi connectivity index (χ4v) is 3.03. The van der Waals surface area contributed by atoms with Crippen molar-refractivity contribution in [2.45, 2.75) is 40.7 Å². The molecule has 1 aromatic heterocycles. The second-order valence-corrected chi connectivity index (χ2v) is 7.14. The summed E-state index contributed by atoms with van der Waals surface area (Å²) in [6.45, 7) is 7.56. The lowest BCUT2D eigenvalue weighted by atomic mass is 9.92. The monoisotopic (exact) mass is 385 g/mol. The van der Waals surface area contributed by atoms with E-state index in [0.717, 1.165) is 34.4 Å². The summed E-state index contributed by atoms with van der Waals surface area (Å²) in [4.78, 5) is 27.4. The smallest absolute Gasteiger partial charge is 0.412 e. The predicted octanol–water partition coefficient (Wildman–Crippen LogP) is 3.66. The largest absolute Gasteiger partial charge is 0.479 e. The van der Waals surface area contributed by atoms with Gasteiger partial charge in [0.2, 0.25) is 0 Å². The number of carbonyl (C=O) groups is 2. The molecule has 7 nitrogen and oxygen atoms in total. The van der Waals surface area contributed by atoms with E-state index < -0.39 is 18.7 Å². The fourth-order valence-electron chi connectivity index (χ4n) is 3.03. The summed E-state index contributed by atoms with van der Waals surface area (Å²) in [6, 6.07) is 7.91. The average Bonchev–Trinajstić information content (AvgIpc) is 2.62. The van der Waals surface area contributed by atoms with Gasteiger partial charge in [-0.05, 0) is 37.3 Å². The average molecular weight is 385 g/mol. The number of benzene rings is 1. The first-order valence-electron chi connectivity index (χ1n) is 9.18. The Morgan fingerprint density at radius 3 is 2.39 bits per heavy atom. The van der Waals surface area contributed by atoms with Crippen LogP contribution < -0.4 is 11.1 Å². The van der Waals surface area contributed by atoms with Crippen LogP contribution in [0, 0.1) is 19.8 Å². The van der Waals surface area contributed by atoms with Gasteiger partial charge in [-0.1, -0.05) is 43.7 Å². The molecule has 0 spiro atoms. The number of carboxylic acid groups (broad SMARTS) is 1. The SMILES string of the molecule is Cc1ccc(-c2c(CN)c(CC(C)C)nc(C)c2NC(=O)OCC(=O)O)cc1. The number of amides is 1. The van der Waals surface area contributed by atoms with Crippen LogP contribution in [0.1, 0.15) is 36.4 Å². The standard InChI is InChI=1S/C21H27N3O4/c1-12(2)9-17-16(10-22)19(15-7-5-13(3)6-8-15)20(14(4)23-17)24-21(27)28-11-18(25)26/h5-8,12H,9-11,22H2,1-4H3,(H,24,27)(H,25,26). The molecule has 0 bridgehead atoms. The van der Waals surface area contributed by atoms with E-state index in [2.05, 4.69) is 24.1 Å². The number of hydrogen-bond acceptors (Lipinski definition) is 5. The number of carboxylic acids is 1. The lowest BCUT2D eigenvalue weighted by Crippen LogP contribution is -2.21. The molecule has 1 heterocycles. The number of aryl methyl sites for hydroxylation is 2. The molecule has 0 radical (unpaired) electrons. The van der Waals surface area contributed by atoms with E-state index >= 15 is 0 Å². The molecular weight excluding hydrogens is 358 g/mol. The number of nitrogens with zero attached hydrogens (tertiary/aromatic N) is 1. The number of rotatable bonds is 7. The predicted molar refractivity (Wildman–Crippen MR) is 108 cm³/mol. The van der Waals surface area contributed by atoms with E-state index in [1.165, 1.54) is 0 Å². The quantitative estimate of drug-likeness (QED) is 0.670. The van der Waals surface area contributed by atoms with Crippen molar-refractivity contribution in [2.75, 3.05) is 11.9 Å². The number of carbonyl (C=O) groups excluding carboxylic acids is 1. The first-order chi connectivity index (χ1) is 13.2. The summed E-state index contributed by atoms with van der Waals surface area (Å²) in [5.41, 5.74) is 11.7. The molecule has 7 heteroatoms. The third-order valence-corrected chi connectivity index (χ3v) is 4.26. The molecule has 1 aromatic carbocycles. The highest BCUT2D eigenvalue weighted by Crippen LogP contribution is 2.36. The molecule has 2 aromatic rings. The molecule has 1 amide bonds. The van der Waals surface area contributed by atoms with Gasteiger partial charge in [0.05, 0.1) is 11.4 Å². The van der Waals surface area contributed by atoms with Crippen molar-refractivity contribution in [1.29, 1.82) is 0 Å². The number of pyridine rings is 1. The molecule has 150 valence electrons. The number of hydrogen-bond donors (Lipinski definition) is 3. The number of nitrogens with two attached hydrogens (primary N) is 1. The van der Waals surface area contributed by atoms with Crippen LogP contribution in [0.15, 0.2) is 24.3 Å². The lowest BCUT2D eigenvalue weighted by molar-refractivity contribution is -0.140. The summed E-state index contributed by atoms with van der Waals surface area (Å²) in [5.74, 6) is -0.832. The van der Waals surface area contributed by atoms with Crippen molar-refractivity contribution in [3.8, 4) is 11.1 Å². The van der Waals surface area contributed by atoms with Crippen LogP contribution in [-0.4, -0.2) is 28.8 Å². The number of anilines is 1. The number of nitrogens with one attached hydrogen (secondary N) is 1. The molecular formula is C21H27N3O4. The highest BCUT2D eigenvalue weighted by molar-refractivity contribution is 5.94. The number of aliphatic carboxylic acids is 1. The molecule has 0 atom stereocenters. The minimum absolute atomic E-state index is 0.261. The van der Waals surface area contributed by atoms with Crippen LogP contribution in [0.2, 0.25) is 0 Å². The summed E-state index contributed by atoms with van der Waals surface area (Å²) in [5, 5.41) is 11.4. The molecule has 0 aliphatic rings. The Morgan fingerprint density at radius 1 is 1.21 bits per heavy atom. The Hall–Kier alpha value is -2.93. The maximum absolute atomic E-state index is 12.1. The topological polar surface area (TPSA) is 115 Å². The van der Waals surface area contributed by atoms with Crippen LogP contribution in [0.5, 0.6) is 0 Å². The van der Waals surface area contributed by atoms with Crippen LogP contribution in [0.4, 0.5) is 10.5 Å². The Bertz CT molecular complexity index is 861. The molecule has 0 fully saturated rings. The van der Waals surface area contributed by atoms with E-state index in [9.17, 15) is 9.59 Å². The van der Waals surface area contributed by atoms with Gasteiger partial charge in [0, 0.05) is 17.8 Å². The molecule has 2 rings (SSSR count). The zero-order chi connectivity index (χ0) is 20.8. The lowest BCUT2D eigenvalue weighted by Gasteiger charge is -2.21. The Kier molecular flexibility index (Phi) is 7.12. The van der Waals surface area contributed by atoms with E-state index in [1.807, 2.05) is 31.2 Å². The molecule has 0 unspecified atom stereocenters. The minimum Gasteiger partial charge on any atom is -0.479 e. The number of ether oxygens (including phenoxy) is 1. The highest BCUT2D eigenvalue weighted by atomic mass is 16.6. The molecule has 0 saturated heterocycles. The van der Waals surface area contributed by atoms with E-state index in [-0.39, 0.29) is 6.54 Å². The van der Waals surface area contributed by atoms with Crippen molar-refractivity contribution >= 4 is 17.7 Å². The third-order valence-electron chi connectivity index (χ3n) is 4.26. The van der Waals surface area contributed by atoms with Crippen LogP contribution >= 0.6 is 0 Å². The van der Waals surface area contributed by atoms with Crippen molar-refractivity contribution in [3.05, 3.63) is 46.8 Å². The fraction of sp³-hybridized carbons (Fsp3) is 0.381. The Morgan fingerprint density at radius 2 is 1.86 bits per heavy atom. The first kappa shape index (κ1) is 21.4. The zero-order valence-corrected chi connectivity index (χ0v) is 16.7. The summed E-state index contributed by atoms with van der Waals surface area (Å²) < 4.78 is 4.73. The van der Waals surface area contributed by atoms with Crippen molar-refractivity contribution in [2.24, 2.45) is 11.7 Å². The van der Waals surface area contributed by atoms with Crippen LogP contribution in [0.25, 0.3) is 11.1 Å². The first-order valence-corrected chi connectivity index (χ1v) is 9.18. The van der Waals surface area contributed by atoms with E-state index in [1.54, 1.807) is 6.92 Å². The van der Waals surface area contributed by atoms with Gasteiger partial charge in [-0.3, -0.25) is 10.3 Å². The molecule has 0 aliphatic carbocycles. The molecule has 0 saturated carbocycles. The van der Waals surface area contributed by atoms with Gasteiger partial charge < -0.3 is 15.6 Å². The van der Waals surface area contributed by atoms with E-state index in [4.69, 9.17) is 15.6 Å². The van der Waals surface area contributed by atoms with Crippen LogP contribution in [-0.2, 0) is 22.5 Å². The van der Waals surface area contributed by atoms with Gasteiger partial charge in [-0.2, -0.15) is 0 Å². The summed E-state index contributed by atoms with van der Waals surface area (Å²) in [6.07, 6.45) is -0.0871. The van der Waals surface area contributed by atoms with E-state index in [0.29, 0.717) is 17.3 Å². The van der Waals surface area contributed by atoms with Gasteiger partial charge in [-0.15, -0.1) is 0 Å². The second kappa shape index (κ2) is 9.32. The normalized spacial score (nSPS) is 10.8. The zero-order valence-electron chi connectivity index (χ0n) is 16.7. The molecule has 0 aliphatic heterocycles. The molecule has 4 N–H and O–H groups in total. The molecule has 28 heavy (non-hydrogen) atoms. The maximum Gasteiger partial charge on any atom is 0.412 e. The minimum atomic E-state index is -1.22. The summed E-state index contributed by atoms with van der Waals surface area (Å²) >= 11 is 0. The van der Waals surface area contributed by atoms with Crippen molar-refractivity contribution in [1.82, 2.24) is 4.98 Å². The van der Waals surface area contributed by atoms with Gasteiger partial charge >= 0.3 is 12.1 Å². The maximum atomic E-state index is 12.1. The summed E-state index contributed by atoms with van der Waals surface area (Å²) in [7, 11) is 0. The second-order valence-electron chi connectivity index (χ2n) is 7.14. The number of aromatic nitrogens is 1. The Balaban J connectivity index is 2.60. The Labute approximate surface area is 164 Å². The van der Waals surface area contributed by atoms with Crippen molar-refractivity contribution < 1.29 is 19.4 Å². The van der Waals surface area contributed by atoms with Gasteiger partial charge in [0.15, 0.2) is 6.61 Å². The van der Waals surface area contributed by atoms with Gasteiger partial charge in [-0.25, -0.2) is 9.59 Å².